The number of pyridine rings is 1. The number of hydrogen-bond acceptors (Lipinski definition) is 4. The predicted molar refractivity (Wildman–Crippen MR) is 92.5 cm³/mol. The van der Waals surface area contributed by atoms with Crippen molar-refractivity contribution in [2.24, 2.45) is 0 Å². The minimum atomic E-state index is -0.910. The Hall–Kier alpha value is -2.48. The quantitative estimate of drug-likeness (QED) is 0.667. The summed E-state index contributed by atoms with van der Waals surface area (Å²) < 4.78 is 32.6. The van der Waals surface area contributed by atoms with Crippen LogP contribution in [0.2, 0.25) is 0 Å². The zero-order chi connectivity index (χ0) is 17.7. The number of fused-ring (bicyclic) bond motifs is 2. The Morgan fingerprint density at radius 2 is 2.08 bits per heavy atom. The molecule has 0 radical (unpaired) electrons. The number of amides is 1. The van der Waals surface area contributed by atoms with E-state index in [0.29, 0.717) is 11.5 Å². The summed E-state index contributed by atoms with van der Waals surface area (Å²) in [7, 11) is 0. The number of carbonyl (C=O) groups excluding carboxylic acids is 1. The third kappa shape index (κ3) is 2.66. The van der Waals surface area contributed by atoms with Gasteiger partial charge in [0.15, 0.2) is 5.82 Å². The van der Waals surface area contributed by atoms with Gasteiger partial charge in [-0.2, -0.15) is 0 Å². The monoisotopic (exact) mass is 407 g/mol. The molecule has 0 aliphatic heterocycles. The second kappa shape index (κ2) is 5.80. The van der Waals surface area contributed by atoms with E-state index in [1.165, 1.54) is 0 Å². The van der Waals surface area contributed by atoms with Crippen molar-refractivity contribution in [2.75, 3.05) is 11.1 Å². The van der Waals surface area contributed by atoms with Crippen LogP contribution in [0, 0.1) is 11.6 Å². The van der Waals surface area contributed by atoms with Crippen molar-refractivity contribution < 1.29 is 18.0 Å². The average Bonchev–Trinajstić information content (AvgIpc) is 3.13. The van der Waals surface area contributed by atoms with Crippen molar-refractivity contribution >= 4 is 44.3 Å². The fourth-order valence-corrected chi connectivity index (χ4v) is 3.51. The van der Waals surface area contributed by atoms with Crippen molar-refractivity contribution in [1.82, 2.24) is 4.98 Å². The number of furan rings is 1. The third-order valence-electron chi connectivity index (χ3n) is 4.20. The molecule has 1 aliphatic carbocycles. The van der Waals surface area contributed by atoms with Gasteiger partial charge >= 0.3 is 0 Å². The van der Waals surface area contributed by atoms with Crippen molar-refractivity contribution in [3.63, 3.8) is 0 Å². The van der Waals surface area contributed by atoms with Crippen LogP contribution >= 0.6 is 15.9 Å². The average molecular weight is 408 g/mol. The number of benzene rings is 1. The van der Waals surface area contributed by atoms with Gasteiger partial charge in [-0.1, -0.05) is 0 Å². The summed E-state index contributed by atoms with van der Waals surface area (Å²) >= 11 is 3.02. The molecule has 3 N–H and O–H groups in total. The minimum absolute atomic E-state index is 0.0742. The van der Waals surface area contributed by atoms with E-state index in [2.05, 4.69) is 26.2 Å². The van der Waals surface area contributed by atoms with E-state index in [-0.39, 0.29) is 27.3 Å². The highest BCUT2D eigenvalue weighted by Crippen LogP contribution is 2.33. The maximum absolute atomic E-state index is 13.9. The first-order valence-corrected chi connectivity index (χ1v) is 8.40. The van der Waals surface area contributed by atoms with E-state index in [4.69, 9.17) is 10.2 Å². The highest BCUT2D eigenvalue weighted by molar-refractivity contribution is 9.10. The van der Waals surface area contributed by atoms with Crippen LogP contribution in [0.25, 0.3) is 11.1 Å². The van der Waals surface area contributed by atoms with E-state index >= 15 is 0 Å². The molecule has 1 aromatic carbocycles. The van der Waals surface area contributed by atoms with Crippen LogP contribution in [0.15, 0.2) is 27.1 Å². The number of halogens is 3. The van der Waals surface area contributed by atoms with E-state index in [9.17, 15) is 13.6 Å². The largest absolute Gasteiger partial charge is 0.430 e. The molecule has 0 unspecified atom stereocenters. The van der Waals surface area contributed by atoms with Gasteiger partial charge in [-0.25, -0.2) is 13.8 Å². The molecule has 0 saturated carbocycles. The highest BCUT2D eigenvalue weighted by Gasteiger charge is 2.24. The van der Waals surface area contributed by atoms with Gasteiger partial charge in [-0.15, -0.1) is 0 Å². The second-order valence-corrected chi connectivity index (χ2v) is 6.70. The van der Waals surface area contributed by atoms with Gasteiger partial charge < -0.3 is 15.5 Å². The van der Waals surface area contributed by atoms with E-state index in [1.807, 2.05) is 6.07 Å². The Labute approximate surface area is 149 Å². The molecule has 3 aromatic rings. The summed E-state index contributed by atoms with van der Waals surface area (Å²) in [6, 6.07) is 3.61. The number of anilines is 2. The van der Waals surface area contributed by atoms with Crippen LogP contribution in [0.5, 0.6) is 0 Å². The van der Waals surface area contributed by atoms with Crippen molar-refractivity contribution in [1.29, 1.82) is 0 Å². The first-order valence-electron chi connectivity index (χ1n) is 7.60. The molecular weight excluding hydrogens is 396 g/mol. The lowest BCUT2D eigenvalue weighted by Gasteiger charge is -2.07. The van der Waals surface area contributed by atoms with Crippen LogP contribution in [0.4, 0.5) is 20.2 Å². The Kier molecular flexibility index (Phi) is 3.72. The Bertz CT molecular complexity index is 1010. The van der Waals surface area contributed by atoms with Crippen LogP contribution in [-0.2, 0) is 12.8 Å². The van der Waals surface area contributed by atoms with Crippen LogP contribution in [0.3, 0.4) is 0 Å². The highest BCUT2D eigenvalue weighted by atomic mass is 79.9. The summed E-state index contributed by atoms with van der Waals surface area (Å²) in [6.07, 6.45) is 2.80. The number of aromatic nitrogens is 1. The first-order chi connectivity index (χ1) is 11.9. The number of carbonyl (C=O) groups is 1. The summed E-state index contributed by atoms with van der Waals surface area (Å²) in [5, 5.41) is 2.91. The molecule has 0 bridgehead atoms. The Morgan fingerprint density at radius 3 is 2.84 bits per heavy atom. The van der Waals surface area contributed by atoms with Gasteiger partial charge in [-0.3, -0.25) is 4.79 Å². The molecule has 0 saturated heterocycles. The predicted octanol–water partition coefficient (Wildman–Crippen LogP) is 4.19. The molecule has 2 heterocycles. The van der Waals surface area contributed by atoms with Gasteiger partial charge in [0, 0.05) is 16.2 Å². The molecule has 0 atom stereocenters. The zero-order valence-corrected chi connectivity index (χ0v) is 14.4. The van der Waals surface area contributed by atoms with E-state index < -0.39 is 17.5 Å². The van der Waals surface area contributed by atoms with E-state index in [0.717, 1.165) is 36.6 Å². The molecule has 1 amide bonds. The third-order valence-corrected chi connectivity index (χ3v) is 4.83. The minimum Gasteiger partial charge on any atom is -0.430 e. The van der Waals surface area contributed by atoms with Gasteiger partial charge in [-0.05, 0) is 52.9 Å². The topological polar surface area (TPSA) is 81.2 Å². The fraction of sp³-hybridized carbons (Fsp3) is 0.176. The maximum Gasteiger partial charge on any atom is 0.293 e. The molecule has 1 aliphatic rings. The van der Waals surface area contributed by atoms with Gasteiger partial charge in [0.1, 0.15) is 5.82 Å². The van der Waals surface area contributed by atoms with Gasteiger partial charge in [0.25, 0.3) is 5.91 Å². The van der Waals surface area contributed by atoms with Gasteiger partial charge in [0.2, 0.25) is 11.5 Å². The number of nitrogens with two attached hydrogens (primary N) is 1. The SMILES string of the molecule is Nc1c(C(=O)Nc2c(F)cc(F)cc2Br)oc2nc3c(cc12)CCC3. The molecule has 25 heavy (non-hydrogen) atoms. The molecule has 0 fully saturated rings. The molecule has 128 valence electrons. The van der Waals surface area contributed by atoms with Crippen molar-refractivity contribution in [3.05, 3.63) is 51.3 Å². The lowest BCUT2D eigenvalue weighted by Crippen LogP contribution is -2.14. The fourth-order valence-electron chi connectivity index (χ4n) is 3.00. The lowest BCUT2D eigenvalue weighted by molar-refractivity contribution is 0.0999. The summed E-state index contributed by atoms with van der Waals surface area (Å²) in [4.78, 5) is 16.9. The number of nitrogens with zero attached hydrogens (tertiary/aromatic N) is 1. The molecule has 4 rings (SSSR count). The van der Waals surface area contributed by atoms with Crippen LogP contribution in [0.1, 0.15) is 28.2 Å². The number of rotatable bonds is 2. The summed E-state index contributed by atoms with van der Waals surface area (Å²) in [5.74, 6) is -2.56. The standard InChI is InChI=1S/C17H12BrF2N3O2/c18-10-5-8(19)6-11(20)14(10)23-16(24)15-13(21)9-4-7-2-1-3-12(7)22-17(9)25-15/h4-6H,1-3,21H2,(H,23,24). The lowest BCUT2D eigenvalue weighted by atomic mass is 10.1. The molecule has 8 heteroatoms. The Balaban J connectivity index is 1.72. The molecule has 5 nitrogen and oxygen atoms in total. The maximum atomic E-state index is 13.9. The Morgan fingerprint density at radius 1 is 1.28 bits per heavy atom. The molecule has 2 aromatic heterocycles. The smallest absolute Gasteiger partial charge is 0.293 e. The zero-order valence-electron chi connectivity index (χ0n) is 12.8. The molecule has 0 spiro atoms. The van der Waals surface area contributed by atoms with Gasteiger partial charge in [0.05, 0.1) is 16.8 Å². The van der Waals surface area contributed by atoms with E-state index in [1.54, 1.807) is 0 Å². The summed E-state index contributed by atoms with van der Waals surface area (Å²) in [5.41, 5.74) is 8.30. The number of aryl methyl sites for hydroxylation is 2. The normalized spacial score (nSPS) is 13.2. The number of nitrogen functional groups attached to an aromatic ring is 1. The number of nitrogens with one attached hydrogen (secondary N) is 1. The van der Waals surface area contributed by atoms with Crippen molar-refractivity contribution in [2.45, 2.75) is 19.3 Å². The van der Waals surface area contributed by atoms with Crippen LogP contribution < -0.4 is 11.1 Å². The van der Waals surface area contributed by atoms with Crippen molar-refractivity contribution in [3.8, 4) is 0 Å². The first kappa shape index (κ1) is 16.0. The molecular formula is C17H12BrF2N3O2. The second-order valence-electron chi connectivity index (χ2n) is 5.84. The number of hydrogen-bond donors (Lipinski definition) is 2. The summed E-state index contributed by atoms with van der Waals surface area (Å²) in [6.45, 7) is 0. The van der Waals surface area contributed by atoms with Crippen LogP contribution in [-0.4, -0.2) is 10.9 Å².